The van der Waals surface area contributed by atoms with Crippen LogP contribution in [0.25, 0.3) is 0 Å². The third-order valence-electron chi connectivity index (χ3n) is 3.33. The minimum Gasteiger partial charge on any atom is -0.397 e. The number of benzene rings is 1. The number of alkyl halides is 3. The number of anilines is 3. The van der Waals surface area contributed by atoms with E-state index in [0.717, 1.165) is 0 Å². The summed E-state index contributed by atoms with van der Waals surface area (Å²) in [5, 5.41) is -0.225. The van der Waals surface area contributed by atoms with Crippen molar-refractivity contribution in [3.05, 3.63) is 16.9 Å². The summed E-state index contributed by atoms with van der Waals surface area (Å²) in [5.74, 6) is -0.738. The van der Waals surface area contributed by atoms with E-state index in [1.165, 1.54) is 11.0 Å². The fraction of sp³-hybridized carbons (Fsp3) is 0.500. The van der Waals surface area contributed by atoms with Gasteiger partial charge < -0.3 is 16.4 Å². The van der Waals surface area contributed by atoms with Gasteiger partial charge in [0.2, 0.25) is 0 Å². The summed E-state index contributed by atoms with van der Waals surface area (Å²) in [6.45, 7) is -0.170. The van der Waals surface area contributed by atoms with Crippen LogP contribution in [0.3, 0.4) is 0 Å². The molecule has 4 nitrogen and oxygen atoms in total. The predicted octanol–water partition coefficient (Wildman–Crippen LogP) is 2.33. The lowest BCUT2D eigenvalue weighted by Crippen LogP contribution is -2.49. The first kappa shape index (κ1) is 16.0. The van der Waals surface area contributed by atoms with E-state index in [1.807, 2.05) is 0 Å². The van der Waals surface area contributed by atoms with Crippen LogP contribution in [0.5, 0.6) is 0 Å². The van der Waals surface area contributed by atoms with Crippen molar-refractivity contribution in [1.82, 2.24) is 4.90 Å². The van der Waals surface area contributed by atoms with Gasteiger partial charge in [0.05, 0.1) is 23.6 Å². The van der Waals surface area contributed by atoms with E-state index >= 15 is 0 Å². The van der Waals surface area contributed by atoms with E-state index in [4.69, 9.17) is 23.1 Å². The van der Waals surface area contributed by atoms with E-state index in [9.17, 15) is 17.6 Å². The van der Waals surface area contributed by atoms with Gasteiger partial charge in [0.1, 0.15) is 5.02 Å². The lowest BCUT2D eigenvalue weighted by Gasteiger charge is -2.37. The van der Waals surface area contributed by atoms with Crippen LogP contribution in [-0.2, 0) is 0 Å². The Morgan fingerprint density at radius 2 is 1.67 bits per heavy atom. The fourth-order valence-electron chi connectivity index (χ4n) is 2.36. The molecule has 9 heteroatoms. The van der Waals surface area contributed by atoms with Gasteiger partial charge in [0.25, 0.3) is 0 Å². The first-order valence-corrected chi connectivity index (χ1v) is 6.64. The van der Waals surface area contributed by atoms with Crippen molar-refractivity contribution in [2.75, 3.05) is 49.1 Å². The molecule has 0 atom stereocenters. The quantitative estimate of drug-likeness (QED) is 0.647. The van der Waals surface area contributed by atoms with E-state index in [1.54, 1.807) is 4.90 Å². The molecule has 1 aromatic carbocycles. The zero-order valence-corrected chi connectivity index (χ0v) is 11.8. The standard InChI is InChI=1S/C12H15ClF4N4/c13-9-7(18)5-8(19)11(10(9)14)21-3-1-20(2-4-21)6-12(15,16)17/h5H,1-4,6,18-19H2. The van der Waals surface area contributed by atoms with Crippen LogP contribution >= 0.6 is 11.6 Å². The Morgan fingerprint density at radius 1 is 1.10 bits per heavy atom. The van der Waals surface area contributed by atoms with Crippen LogP contribution in [0.1, 0.15) is 0 Å². The molecule has 1 aromatic rings. The third kappa shape index (κ3) is 3.62. The Kier molecular flexibility index (Phi) is 4.38. The maximum absolute atomic E-state index is 14.1. The summed E-state index contributed by atoms with van der Waals surface area (Å²) in [5.41, 5.74) is 11.5. The molecule has 0 unspecified atom stereocenters. The van der Waals surface area contributed by atoms with Crippen LogP contribution in [-0.4, -0.2) is 43.8 Å². The van der Waals surface area contributed by atoms with Gasteiger partial charge in [-0.15, -0.1) is 0 Å². The summed E-state index contributed by atoms with van der Waals surface area (Å²) >= 11 is 5.75. The van der Waals surface area contributed by atoms with E-state index in [2.05, 4.69) is 0 Å². The molecule has 0 aliphatic carbocycles. The molecule has 1 aliphatic heterocycles. The predicted molar refractivity (Wildman–Crippen MR) is 74.9 cm³/mol. The number of piperazine rings is 1. The van der Waals surface area contributed by atoms with Gasteiger partial charge >= 0.3 is 6.18 Å². The highest BCUT2D eigenvalue weighted by atomic mass is 35.5. The summed E-state index contributed by atoms with van der Waals surface area (Å²) in [7, 11) is 0. The molecule has 21 heavy (non-hydrogen) atoms. The summed E-state index contributed by atoms with van der Waals surface area (Å²) in [6, 6.07) is 1.35. The lowest BCUT2D eigenvalue weighted by molar-refractivity contribution is -0.146. The first-order chi connectivity index (χ1) is 9.69. The monoisotopic (exact) mass is 326 g/mol. The normalized spacial score (nSPS) is 17.3. The number of nitrogens with zero attached hydrogens (tertiary/aromatic N) is 2. The van der Waals surface area contributed by atoms with Crippen LogP contribution in [0, 0.1) is 5.82 Å². The maximum Gasteiger partial charge on any atom is 0.401 e. The highest BCUT2D eigenvalue weighted by molar-refractivity contribution is 6.33. The maximum atomic E-state index is 14.1. The molecule has 2 rings (SSSR count). The average molecular weight is 327 g/mol. The van der Waals surface area contributed by atoms with Crippen molar-refractivity contribution in [3.63, 3.8) is 0 Å². The minimum absolute atomic E-state index is 0.0334. The number of halogens is 5. The van der Waals surface area contributed by atoms with E-state index < -0.39 is 18.5 Å². The van der Waals surface area contributed by atoms with Crippen LogP contribution in [0.15, 0.2) is 6.07 Å². The molecule has 1 aliphatic rings. The van der Waals surface area contributed by atoms with Crippen molar-refractivity contribution in [2.45, 2.75) is 6.18 Å². The Balaban J connectivity index is 2.11. The molecule has 0 radical (unpaired) electrons. The SMILES string of the molecule is Nc1cc(N)c(N2CCN(CC(F)(F)F)CC2)c(F)c1Cl. The van der Waals surface area contributed by atoms with Crippen molar-refractivity contribution in [3.8, 4) is 0 Å². The highest BCUT2D eigenvalue weighted by Gasteiger charge is 2.33. The number of nitrogens with two attached hydrogens (primary N) is 2. The Hall–Kier alpha value is -1.41. The molecule has 1 heterocycles. The third-order valence-corrected chi connectivity index (χ3v) is 3.71. The van der Waals surface area contributed by atoms with Gasteiger partial charge in [-0.2, -0.15) is 13.2 Å². The molecule has 0 aromatic heterocycles. The van der Waals surface area contributed by atoms with Gasteiger partial charge in [-0.05, 0) is 6.07 Å². The Morgan fingerprint density at radius 3 is 2.19 bits per heavy atom. The average Bonchev–Trinajstić information content (AvgIpc) is 2.36. The van der Waals surface area contributed by atoms with Crippen molar-refractivity contribution < 1.29 is 17.6 Å². The van der Waals surface area contributed by atoms with Gasteiger partial charge in [-0.25, -0.2) is 4.39 Å². The number of hydrogen-bond donors (Lipinski definition) is 2. The molecule has 1 saturated heterocycles. The van der Waals surface area contributed by atoms with Crippen molar-refractivity contribution in [2.24, 2.45) is 0 Å². The molecule has 0 spiro atoms. The van der Waals surface area contributed by atoms with Crippen molar-refractivity contribution >= 4 is 28.7 Å². The zero-order valence-electron chi connectivity index (χ0n) is 11.1. The molecule has 0 amide bonds. The number of nitrogen functional groups attached to an aromatic ring is 2. The van der Waals surface area contributed by atoms with Crippen LogP contribution in [0.2, 0.25) is 5.02 Å². The minimum atomic E-state index is -4.24. The van der Waals surface area contributed by atoms with Gasteiger partial charge in [-0.3, -0.25) is 4.90 Å². The number of hydrogen-bond acceptors (Lipinski definition) is 4. The van der Waals surface area contributed by atoms with Crippen molar-refractivity contribution in [1.29, 1.82) is 0 Å². The molecule has 4 N–H and O–H groups in total. The summed E-state index contributed by atoms with van der Waals surface area (Å²) < 4.78 is 51.1. The van der Waals surface area contributed by atoms with E-state index in [-0.39, 0.29) is 48.3 Å². The molecular weight excluding hydrogens is 312 g/mol. The summed E-state index contributed by atoms with van der Waals surface area (Å²) in [6.07, 6.45) is -4.24. The van der Waals surface area contributed by atoms with Crippen LogP contribution < -0.4 is 16.4 Å². The molecular formula is C12H15ClF4N4. The molecule has 0 bridgehead atoms. The van der Waals surface area contributed by atoms with Gasteiger partial charge in [0.15, 0.2) is 5.82 Å². The van der Waals surface area contributed by atoms with E-state index in [0.29, 0.717) is 0 Å². The lowest BCUT2D eigenvalue weighted by atomic mass is 10.2. The van der Waals surface area contributed by atoms with Crippen LogP contribution in [0.4, 0.5) is 34.6 Å². The second kappa shape index (κ2) is 5.76. The smallest absolute Gasteiger partial charge is 0.397 e. The largest absolute Gasteiger partial charge is 0.401 e. The second-order valence-electron chi connectivity index (χ2n) is 4.91. The summed E-state index contributed by atoms with van der Waals surface area (Å²) in [4.78, 5) is 2.85. The molecule has 118 valence electrons. The number of rotatable bonds is 2. The van der Waals surface area contributed by atoms with Gasteiger partial charge in [0, 0.05) is 26.2 Å². The molecule has 1 fully saturated rings. The Labute approximate surface area is 124 Å². The topological polar surface area (TPSA) is 58.5 Å². The zero-order chi connectivity index (χ0) is 15.8. The van der Waals surface area contributed by atoms with Gasteiger partial charge in [-0.1, -0.05) is 11.6 Å². The Bertz CT molecular complexity index is 527. The first-order valence-electron chi connectivity index (χ1n) is 6.26. The second-order valence-corrected chi connectivity index (χ2v) is 5.29. The highest BCUT2D eigenvalue weighted by Crippen LogP contribution is 2.36. The molecule has 0 saturated carbocycles. The fourth-order valence-corrected chi connectivity index (χ4v) is 2.51.